The molecule has 0 saturated heterocycles. The highest BCUT2D eigenvalue weighted by atomic mass is 35.5. The summed E-state index contributed by atoms with van der Waals surface area (Å²) >= 11 is 5.26. The fourth-order valence-electron chi connectivity index (χ4n) is 0.859. The highest BCUT2D eigenvalue weighted by Gasteiger charge is 2.00. The van der Waals surface area contributed by atoms with E-state index in [0.29, 0.717) is 24.5 Å². The standard InChI is InChI=1S/C9H10ClNO2/c10-9(12)7-1-3-8(4-2-7)13-6-5-11/h1-4H,5-6,11H2. The molecule has 1 aromatic carbocycles. The van der Waals surface area contributed by atoms with Crippen LogP contribution >= 0.6 is 11.6 Å². The highest BCUT2D eigenvalue weighted by molar-refractivity contribution is 6.67. The van der Waals surface area contributed by atoms with Crippen LogP contribution in [0.15, 0.2) is 24.3 Å². The van der Waals surface area contributed by atoms with E-state index >= 15 is 0 Å². The molecule has 0 aliphatic rings. The Balaban J connectivity index is 2.64. The smallest absolute Gasteiger partial charge is 0.252 e. The highest BCUT2D eigenvalue weighted by Crippen LogP contribution is 2.13. The Hall–Kier alpha value is -1.06. The first kappa shape index (κ1) is 10.0. The molecule has 4 heteroatoms. The summed E-state index contributed by atoms with van der Waals surface area (Å²) in [6.07, 6.45) is 0. The summed E-state index contributed by atoms with van der Waals surface area (Å²) < 4.78 is 5.21. The SMILES string of the molecule is NCCOc1ccc(C(=O)Cl)cc1. The summed E-state index contributed by atoms with van der Waals surface area (Å²) in [6.45, 7) is 0.935. The number of hydrogen-bond donors (Lipinski definition) is 1. The maximum atomic E-state index is 10.7. The Bertz CT molecular complexity index is 284. The zero-order valence-corrected chi connectivity index (χ0v) is 7.75. The Morgan fingerprint density at radius 2 is 2.00 bits per heavy atom. The van der Waals surface area contributed by atoms with Crippen molar-refractivity contribution in [3.8, 4) is 5.75 Å². The lowest BCUT2D eigenvalue weighted by atomic mass is 10.2. The molecule has 0 amide bonds. The fraction of sp³-hybridized carbons (Fsp3) is 0.222. The second kappa shape index (κ2) is 4.84. The molecule has 0 unspecified atom stereocenters. The third-order valence-electron chi connectivity index (χ3n) is 1.47. The first-order valence-corrected chi connectivity index (χ1v) is 4.24. The lowest BCUT2D eigenvalue weighted by Gasteiger charge is -2.03. The molecule has 0 radical (unpaired) electrons. The van der Waals surface area contributed by atoms with Crippen LogP contribution in [-0.4, -0.2) is 18.4 Å². The quantitative estimate of drug-likeness (QED) is 0.746. The van der Waals surface area contributed by atoms with Gasteiger partial charge in [-0.3, -0.25) is 4.79 Å². The van der Waals surface area contributed by atoms with Crippen molar-refractivity contribution in [3.05, 3.63) is 29.8 Å². The van der Waals surface area contributed by atoms with E-state index in [-0.39, 0.29) is 0 Å². The molecule has 1 rings (SSSR count). The lowest BCUT2D eigenvalue weighted by Crippen LogP contribution is -2.10. The van der Waals surface area contributed by atoms with Crippen LogP contribution in [0.3, 0.4) is 0 Å². The Morgan fingerprint density at radius 1 is 1.38 bits per heavy atom. The van der Waals surface area contributed by atoms with Crippen LogP contribution in [0.25, 0.3) is 0 Å². The first-order chi connectivity index (χ1) is 6.24. The largest absolute Gasteiger partial charge is 0.492 e. The number of carbonyl (C=O) groups is 1. The Kier molecular flexibility index (Phi) is 3.73. The van der Waals surface area contributed by atoms with E-state index in [2.05, 4.69) is 0 Å². The molecule has 0 heterocycles. The van der Waals surface area contributed by atoms with Crippen molar-refractivity contribution in [2.75, 3.05) is 13.2 Å². The topological polar surface area (TPSA) is 52.3 Å². The lowest BCUT2D eigenvalue weighted by molar-refractivity contribution is 0.108. The normalized spacial score (nSPS) is 9.69. The van der Waals surface area contributed by atoms with Gasteiger partial charge in [-0.15, -0.1) is 0 Å². The minimum atomic E-state index is -0.467. The van der Waals surface area contributed by atoms with Gasteiger partial charge in [-0.2, -0.15) is 0 Å². The maximum Gasteiger partial charge on any atom is 0.252 e. The van der Waals surface area contributed by atoms with Crippen LogP contribution in [-0.2, 0) is 0 Å². The number of ether oxygens (including phenoxy) is 1. The predicted molar refractivity (Wildman–Crippen MR) is 51.2 cm³/mol. The second-order valence-electron chi connectivity index (χ2n) is 2.44. The van der Waals surface area contributed by atoms with Crippen LogP contribution in [0.1, 0.15) is 10.4 Å². The van der Waals surface area contributed by atoms with Gasteiger partial charge in [0.2, 0.25) is 0 Å². The number of nitrogens with two attached hydrogens (primary N) is 1. The Labute approximate surface area is 81.4 Å². The van der Waals surface area contributed by atoms with E-state index < -0.39 is 5.24 Å². The number of halogens is 1. The average molecular weight is 200 g/mol. The molecule has 0 atom stereocenters. The first-order valence-electron chi connectivity index (χ1n) is 3.87. The fourth-order valence-corrected chi connectivity index (χ4v) is 0.985. The average Bonchev–Trinajstić information content (AvgIpc) is 2.15. The van der Waals surface area contributed by atoms with Crippen LogP contribution < -0.4 is 10.5 Å². The molecule has 13 heavy (non-hydrogen) atoms. The second-order valence-corrected chi connectivity index (χ2v) is 2.78. The molecule has 2 N–H and O–H groups in total. The van der Waals surface area contributed by atoms with Crippen molar-refractivity contribution in [1.29, 1.82) is 0 Å². The van der Waals surface area contributed by atoms with E-state index in [1.54, 1.807) is 24.3 Å². The van der Waals surface area contributed by atoms with Crippen LogP contribution in [0.4, 0.5) is 0 Å². The summed E-state index contributed by atoms with van der Waals surface area (Å²) in [5.41, 5.74) is 5.71. The van der Waals surface area contributed by atoms with Gasteiger partial charge in [0.15, 0.2) is 0 Å². The molecule has 70 valence electrons. The maximum absolute atomic E-state index is 10.7. The number of carbonyl (C=O) groups excluding carboxylic acids is 1. The van der Waals surface area contributed by atoms with Crippen molar-refractivity contribution in [1.82, 2.24) is 0 Å². The third kappa shape index (κ3) is 3.05. The predicted octanol–water partition coefficient (Wildman–Crippen LogP) is 1.40. The van der Waals surface area contributed by atoms with Gasteiger partial charge in [-0.05, 0) is 35.9 Å². The van der Waals surface area contributed by atoms with Gasteiger partial charge in [0, 0.05) is 12.1 Å². The van der Waals surface area contributed by atoms with Gasteiger partial charge in [-0.1, -0.05) is 0 Å². The van der Waals surface area contributed by atoms with Gasteiger partial charge in [-0.25, -0.2) is 0 Å². The zero-order valence-electron chi connectivity index (χ0n) is 7.00. The molecular formula is C9H10ClNO2. The van der Waals surface area contributed by atoms with E-state index in [9.17, 15) is 4.79 Å². The van der Waals surface area contributed by atoms with Gasteiger partial charge < -0.3 is 10.5 Å². The van der Waals surface area contributed by atoms with Crippen molar-refractivity contribution < 1.29 is 9.53 Å². The van der Waals surface area contributed by atoms with Crippen LogP contribution in [0, 0.1) is 0 Å². The molecule has 0 aliphatic heterocycles. The van der Waals surface area contributed by atoms with Gasteiger partial charge >= 0.3 is 0 Å². The number of benzene rings is 1. The van der Waals surface area contributed by atoms with Crippen molar-refractivity contribution >= 4 is 16.8 Å². The molecule has 0 aromatic heterocycles. The zero-order chi connectivity index (χ0) is 9.68. The monoisotopic (exact) mass is 199 g/mol. The molecule has 3 nitrogen and oxygen atoms in total. The van der Waals surface area contributed by atoms with E-state index in [1.165, 1.54) is 0 Å². The van der Waals surface area contributed by atoms with E-state index in [4.69, 9.17) is 22.1 Å². The Morgan fingerprint density at radius 3 is 2.46 bits per heavy atom. The van der Waals surface area contributed by atoms with Crippen molar-refractivity contribution in [2.45, 2.75) is 0 Å². The van der Waals surface area contributed by atoms with Gasteiger partial charge in [0.05, 0.1) is 0 Å². The number of hydrogen-bond acceptors (Lipinski definition) is 3. The number of rotatable bonds is 4. The van der Waals surface area contributed by atoms with Crippen LogP contribution in [0.5, 0.6) is 5.75 Å². The summed E-state index contributed by atoms with van der Waals surface area (Å²) in [7, 11) is 0. The van der Waals surface area contributed by atoms with Crippen LogP contribution in [0.2, 0.25) is 0 Å². The molecular weight excluding hydrogens is 190 g/mol. The molecule has 0 aliphatic carbocycles. The summed E-state index contributed by atoms with van der Waals surface area (Å²) in [4.78, 5) is 10.7. The minimum absolute atomic E-state index is 0.460. The molecule has 0 fully saturated rings. The third-order valence-corrected chi connectivity index (χ3v) is 1.69. The molecule has 1 aromatic rings. The summed E-state index contributed by atoms with van der Waals surface area (Å²) in [5.74, 6) is 0.687. The molecule has 0 spiro atoms. The summed E-state index contributed by atoms with van der Waals surface area (Å²) in [6, 6.07) is 6.60. The van der Waals surface area contributed by atoms with Crippen molar-refractivity contribution in [3.63, 3.8) is 0 Å². The van der Waals surface area contributed by atoms with Gasteiger partial charge in [0.1, 0.15) is 12.4 Å². The molecule has 0 saturated carbocycles. The summed E-state index contributed by atoms with van der Waals surface area (Å²) in [5, 5.41) is -0.467. The van der Waals surface area contributed by atoms with Gasteiger partial charge in [0.25, 0.3) is 5.24 Å². The van der Waals surface area contributed by atoms with Crippen molar-refractivity contribution in [2.24, 2.45) is 5.73 Å². The minimum Gasteiger partial charge on any atom is -0.492 e. The van der Waals surface area contributed by atoms with E-state index in [1.807, 2.05) is 0 Å². The molecule has 0 bridgehead atoms. The van der Waals surface area contributed by atoms with E-state index in [0.717, 1.165) is 0 Å².